The van der Waals surface area contributed by atoms with E-state index in [1.165, 1.54) is 12.1 Å². The van der Waals surface area contributed by atoms with E-state index >= 15 is 0 Å². The van der Waals surface area contributed by atoms with Gasteiger partial charge in [-0.15, -0.1) is 0 Å². The van der Waals surface area contributed by atoms with Crippen molar-refractivity contribution in [1.82, 2.24) is 4.90 Å². The first kappa shape index (κ1) is 12.8. The Labute approximate surface area is 110 Å². The molecule has 1 aromatic rings. The second-order valence-electron chi connectivity index (χ2n) is 4.05. The highest BCUT2D eigenvalue weighted by Crippen LogP contribution is 2.17. The molecule has 17 heavy (non-hydrogen) atoms. The second-order valence-corrected chi connectivity index (χ2v) is 5.72. The average molecular weight is 270 g/mol. The Hall–Kier alpha value is -0.650. The van der Waals surface area contributed by atoms with E-state index in [2.05, 4.69) is 4.90 Å². The van der Waals surface area contributed by atoms with Gasteiger partial charge in [0.2, 0.25) is 0 Å². The summed E-state index contributed by atoms with van der Waals surface area (Å²) < 4.78 is 13.2. The molecule has 0 aliphatic carbocycles. The van der Waals surface area contributed by atoms with Crippen LogP contribution in [0, 0.1) is 5.82 Å². The van der Waals surface area contributed by atoms with Crippen LogP contribution in [-0.4, -0.2) is 34.5 Å². The molecule has 0 unspecified atom stereocenters. The van der Waals surface area contributed by atoms with E-state index in [-0.39, 0.29) is 10.8 Å². The first-order valence-corrected chi connectivity index (χ1v) is 7.11. The molecule has 2 rings (SSSR count). The number of halogens is 1. The number of thioether (sulfide) groups is 1. The predicted octanol–water partition coefficient (Wildman–Crippen LogP) is 2.01. The highest BCUT2D eigenvalue weighted by atomic mass is 32.2. The number of thiocarbonyl (C=S) groups is 1. The highest BCUT2D eigenvalue weighted by Gasteiger charge is 2.14. The summed E-state index contributed by atoms with van der Waals surface area (Å²) in [5.74, 6) is 2.03. The summed E-state index contributed by atoms with van der Waals surface area (Å²) in [4.78, 5) is 2.62. The molecule has 1 heterocycles. The molecule has 1 aliphatic heterocycles. The normalized spacial score (nSPS) is 17.0. The first-order valence-electron chi connectivity index (χ1n) is 5.55. The molecule has 0 amide bonds. The van der Waals surface area contributed by atoms with Gasteiger partial charge in [-0.2, -0.15) is 11.8 Å². The van der Waals surface area contributed by atoms with E-state index in [9.17, 15) is 4.39 Å². The summed E-state index contributed by atoms with van der Waals surface area (Å²) in [6.07, 6.45) is 0. The topological polar surface area (TPSA) is 29.3 Å². The standard InChI is InChI=1S/C12H15FN2S2/c13-10-2-1-9(11(7-10)12(14)16)8-15-3-5-17-6-4-15/h1-2,7H,3-6,8H2,(H2,14,16). The van der Waals surface area contributed by atoms with Crippen LogP contribution in [0.3, 0.4) is 0 Å². The summed E-state index contributed by atoms with van der Waals surface area (Å²) in [6.45, 7) is 2.94. The molecule has 0 atom stereocenters. The molecular formula is C12H15FN2S2. The zero-order valence-corrected chi connectivity index (χ0v) is 11.1. The van der Waals surface area contributed by atoms with Crippen molar-refractivity contribution in [2.45, 2.75) is 6.54 Å². The van der Waals surface area contributed by atoms with Crippen LogP contribution in [0.4, 0.5) is 4.39 Å². The zero-order chi connectivity index (χ0) is 12.3. The fourth-order valence-corrected chi connectivity index (χ4v) is 3.08. The van der Waals surface area contributed by atoms with E-state index in [0.29, 0.717) is 5.56 Å². The minimum absolute atomic E-state index is 0.269. The van der Waals surface area contributed by atoms with Crippen LogP contribution < -0.4 is 5.73 Å². The van der Waals surface area contributed by atoms with E-state index in [0.717, 1.165) is 36.7 Å². The summed E-state index contributed by atoms with van der Waals surface area (Å²) in [7, 11) is 0. The van der Waals surface area contributed by atoms with E-state index in [1.54, 1.807) is 6.07 Å². The van der Waals surface area contributed by atoms with Gasteiger partial charge in [0.1, 0.15) is 10.8 Å². The molecular weight excluding hydrogens is 255 g/mol. The molecule has 0 bridgehead atoms. The van der Waals surface area contributed by atoms with Gasteiger partial charge in [-0.3, -0.25) is 4.90 Å². The number of nitrogens with two attached hydrogens (primary N) is 1. The lowest BCUT2D eigenvalue weighted by Gasteiger charge is -2.26. The highest BCUT2D eigenvalue weighted by molar-refractivity contribution is 7.99. The SMILES string of the molecule is NC(=S)c1cc(F)ccc1CN1CCSCC1. The predicted molar refractivity (Wildman–Crippen MR) is 74.9 cm³/mol. The third kappa shape index (κ3) is 3.40. The van der Waals surface area contributed by atoms with Crippen LogP contribution in [0.1, 0.15) is 11.1 Å². The zero-order valence-electron chi connectivity index (χ0n) is 9.49. The lowest BCUT2D eigenvalue weighted by Crippen LogP contribution is -2.32. The van der Waals surface area contributed by atoms with Crippen LogP contribution in [0.2, 0.25) is 0 Å². The minimum Gasteiger partial charge on any atom is -0.389 e. The van der Waals surface area contributed by atoms with Crippen molar-refractivity contribution in [2.24, 2.45) is 5.73 Å². The van der Waals surface area contributed by atoms with Crippen LogP contribution in [0.15, 0.2) is 18.2 Å². The van der Waals surface area contributed by atoms with Crippen molar-refractivity contribution in [2.75, 3.05) is 24.6 Å². The Balaban J connectivity index is 2.16. The van der Waals surface area contributed by atoms with Gasteiger partial charge in [0.15, 0.2) is 0 Å². The van der Waals surface area contributed by atoms with Gasteiger partial charge in [-0.1, -0.05) is 18.3 Å². The first-order chi connectivity index (χ1) is 8.16. The van der Waals surface area contributed by atoms with Crippen LogP contribution in [0.5, 0.6) is 0 Å². The fourth-order valence-electron chi connectivity index (χ4n) is 1.92. The third-order valence-electron chi connectivity index (χ3n) is 2.84. The number of rotatable bonds is 3. The number of hydrogen-bond acceptors (Lipinski definition) is 3. The molecule has 0 aromatic heterocycles. The molecule has 2 nitrogen and oxygen atoms in total. The molecule has 1 fully saturated rings. The van der Waals surface area contributed by atoms with Gasteiger partial charge in [0.05, 0.1) is 0 Å². The average Bonchev–Trinajstić information content (AvgIpc) is 2.32. The Bertz CT molecular complexity index is 417. The summed E-state index contributed by atoms with van der Waals surface area (Å²) in [5.41, 5.74) is 7.31. The minimum atomic E-state index is -0.286. The van der Waals surface area contributed by atoms with Crippen molar-refractivity contribution in [3.63, 3.8) is 0 Å². The maximum atomic E-state index is 13.2. The Morgan fingerprint density at radius 2 is 2.12 bits per heavy atom. The summed E-state index contributed by atoms with van der Waals surface area (Å²) in [5, 5.41) is 0. The molecule has 0 saturated carbocycles. The van der Waals surface area contributed by atoms with Gasteiger partial charge in [0, 0.05) is 36.7 Å². The van der Waals surface area contributed by atoms with Crippen molar-refractivity contribution >= 4 is 29.0 Å². The number of benzene rings is 1. The lowest BCUT2D eigenvalue weighted by atomic mass is 10.1. The van der Waals surface area contributed by atoms with Crippen molar-refractivity contribution in [3.8, 4) is 0 Å². The van der Waals surface area contributed by atoms with E-state index in [1.807, 2.05) is 11.8 Å². The second kappa shape index (κ2) is 5.80. The molecule has 1 aliphatic rings. The van der Waals surface area contributed by atoms with E-state index in [4.69, 9.17) is 18.0 Å². The largest absolute Gasteiger partial charge is 0.389 e. The lowest BCUT2D eigenvalue weighted by molar-refractivity contribution is 0.294. The maximum absolute atomic E-state index is 13.2. The van der Waals surface area contributed by atoms with E-state index < -0.39 is 0 Å². The molecule has 1 saturated heterocycles. The fraction of sp³-hybridized carbons (Fsp3) is 0.417. The number of hydrogen-bond donors (Lipinski definition) is 1. The maximum Gasteiger partial charge on any atom is 0.123 e. The molecule has 0 radical (unpaired) electrons. The molecule has 5 heteroatoms. The van der Waals surface area contributed by atoms with Gasteiger partial charge in [-0.05, 0) is 17.7 Å². The molecule has 0 spiro atoms. The smallest absolute Gasteiger partial charge is 0.123 e. The van der Waals surface area contributed by atoms with Crippen LogP contribution in [-0.2, 0) is 6.54 Å². The van der Waals surface area contributed by atoms with Gasteiger partial charge < -0.3 is 5.73 Å². The Kier molecular flexibility index (Phi) is 4.36. The summed E-state index contributed by atoms with van der Waals surface area (Å²) >= 11 is 6.94. The van der Waals surface area contributed by atoms with Gasteiger partial charge in [0.25, 0.3) is 0 Å². The number of nitrogens with zero attached hydrogens (tertiary/aromatic N) is 1. The summed E-state index contributed by atoms with van der Waals surface area (Å²) in [6, 6.07) is 4.68. The molecule has 92 valence electrons. The van der Waals surface area contributed by atoms with Gasteiger partial charge >= 0.3 is 0 Å². The van der Waals surface area contributed by atoms with Crippen molar-refractivity contribution in [1.29, 1.82) is 0 Å². The monoisotopic (exact) mass is 270 g/mol. The van der Waals surface area contributed by atoms with Gasteiger partial charge in [-0.25, -0.2) is 4.39 Å². The quantitative estimate of drug-likeness (QED) is 0.851. The van der Waals surface area contributed by atoms with Crippen LogP contribution in [0.25, 0.3) is 0 Å². The van der Waals surface area contributed by atoms with Crippen LogP contribution >= 0.6 is 24.0 Å². The van der Waals surface area contributed by atoms with Crippen molar-refractivity contribution < 1.29 is 4.39 Å². The Morgan fingerprint density at radius 1 is 1.41 bits per heavy atom. The van der Waals surface area contributed by atoms with Crippen molar-refractivity contribution in [3.05, 3.63) is 35.1 Å². The Morgan fingerprint density at radius 3 is 2.76 bits per heavy atom. The molecule has 1 aromatic carbocycles. The third-order valence-corrected chi connectivity index (χ3v) is 4.00. The molecule has 2 N–H and O–H groups in total.